The molecule has 7 nitrogen and oxygen atoms in total. The van der Waals surface area contributed by atoms with E-state index in [1.807, 2.05) is 36.4 Å². The van der Waals surface area contributed by atoms with Crippen LogP contribution in [0, 0.1) is 5.41 Å². The SMILES string of the molecule is O=C(O)CCC(NC(=O)OCC1c2ccccc2-c2ccccc21)C(=O)N1CCC2(CCC2)CC1. The largest absolute Gasteiger partial charge is 0.481 e. The van der Waals surface area contributed by atoms with Gasteiger partial charge in [0.05, 0.1) is 0 Å². The van der Waals surface area contributed by atoms with Crippen LogP contribution >= 0.6 is 0 Å². The monoisotopic (exact) mass is 476 g/mol. The Morgan fingerprint density at radius 2 is 1.57 bits per heavy atom. The zero-order valence-corrected chi connectivity index (χ0v) is 19.9. The number of ether oxygens (including phenoxy) is 1. The lowest BCUT2D eigenvalue weighted by Gasteiger charge is -2.48. The van der Waals surface area contributed by atoms with Gasteiger partial charge in [0.25, 0.3) is 0 Å². The van der Waals surface area contributed by atoms with Gasteiger partial charge in [-0.1, -0.05) is 55.0 Å². The van der Waals surface area contributed by atoms with Crippen molar-refractivity contribution < 1.29 is 24.2 Å². The van der Waals surface area contributed by atoms with Gasteiger partial charge in [-0.15, -0.1) is 0 Å². The third-order valence-electron chi connectivity index (χ3n) is 8.13. The number of aliphatic carboxylic acids is 1. The molecular weight excluding hydrogens is 444 g/mol. The smallest absolute Gasteiger partial charge is 0.407 e. The molecule has 1 aliphatic heterocycles. The van der Waals surface area contributed by atoms with Crippen molar-refractivity contribution in [2.45, 2.75) is 56.9 Å². The molecule has 2 amide bonds. The number of alkyl carbamates (subject to hydrolysis) is 1. The van der Waals surface area contributed by atoms with Crippen LogP contribution in [0.4, 0.5) is 4.79 Å². The molecule has 1 saturated heterocycles. The lowest BCUT2D eigenvalue weighted by molar-refractivity contribution is -0.139. The number of rotatable bonds is 7. The Morgan fingerprint density at radius 3 is 2.11 bits per heavy atom. The van der Waals surface area contributed by atoms with Gasteiger partial charge in [0.15, 0.2) is 0 Å². The summed E-state index contributed by atoms with van der Waals surface area (Å²) in [6, 6.07) is 15.3. The minimum absolute atomic E-state index is 0.0417. The molecule has 0 aromatic heterocycles. The van der Waals surface area contributed by atoms with Crippen molar-refractivity contribution in [1.29, 1.82) is 0 Å². The molecule has 1 atom stereocenters. The number of carboxylic acids is 1. The summed E-state index contributed by atoms with van der Waals surface area (Å²) in [7, 11) is 0. The van der Waals surface area contributed by atoms with E-state index in [0.717, 1.165) is 35.1 Å². The van der Waals surface area contributed by atoms with Gasteiger partial charge in [-0.2, -0.15) is 0 Å². The third-order valence-corrected chi connectivity index (χ3v) is 8.13. The van der Waals surface area contributed by atoms with E-state index in [1.165, 1.54) is 19.3 Å². The van der Waals surface area contributed by atoms with Crippen LogP contribution < -0.4 is 5.32 Å². The number of benzene rings is 2. The van der Waals surface area contributed by atoms with Crippen LogP contribution in [0.15, 0.2) is 48.5 Å². The van der Waals surface area contributed by atoms with E-state index in [4.69, 9.17) is 9.84 Å². The number of likely N-dealkylation sites (tertiary alicyclic amines) is 1. The molecule has 1 spiro atoms. The van der Waals surface area contributed by atoms with Crippen LogP contribution in [-0.4, -0.2) is 53.7 Å². The summed E-state index contributed by atoms with van der Waals surface area (Å²) < 4.78 is 5.61. The quantitative estimate of drug-likeness (QED) is 0.611. The van der Waals surface area contributed by atoms with Crippen molar-refractivity contribution >= 4 is 18.0 Å². The number of nitrogens with zero attached hydrogens (tertiary/aromatic N) is 1. The van der Waals surface area contributed by atoms with Crippen molar-refractivity contribution in [1.82, 2.24) is 10.2 Å². The summed E-state index contributed by atoms with van der Waals surface area (Å²) in [5, 5.41) is 11.8. The van der Waals surface area contributed by atoms with E-state index in [9.17, 15) is 14.4 Å². The van der Waals surface area contributed by atoms with E-state index in [2.05, 4.69) is 17.4 Å². The Bertz CT molecular complexity index is 1070. The molecule has 2 N–H and O–H groups in total. The van der Waals surface area contributed by atoms with Crippen LogP contribution in [0.1, 0.15) is 62.0 Å². The highest BCUT2D eigenvalue weighted by Crippen LogP contribution is 2.49. The van der Waals surface area contributed by atoms with Crippen molar-refractivity contribution in [2.24, 2.45) is 5.41 Å². The Labute approximate surface area is 205 Å². The molecule has 3 aliphatic rings. The summed E-state index contributed by atoms with van der Waals surface area (Å²) in [5.41, 5.74) is 4.89. The van der Waals surface area contributed by atoms with Crippen molar-refractivity contribution in [2.75, 3.05) is 19.7 Å². The first-order valence-electron chi connectivity index (χ1n) is 12.6. The lowest BCUT2D eigenvalue weighted by Crippen LogP contribution is -2.53. The van der Waals surface area contributed by atoms with Gasteiger partial charge in [0.2, 0.25) is 5.91 Å². The number of nitrogens with one attached hydrogen (secondary N) is 1. The molecule has 35 heavy (non-hydrogen) atoms. The van der Waals surface area contributed by atoms with Gasteiger partial charge < -0.3 is 20.1 Å². The molecule has 0 bridgehead atoms. The number of hydrogen-bond donors (Lipinski definition) is 2. The molecule has 7 heteroatoms. The fraction of sp³-hybridized carbons (Fsp3) is 0.464. The Balaban J connectivity index is 1.22. The second-order valence-electron chi connectivity index (χ2n) is 10.1. The normalized spacial score (nSPS) is 18.8. The molecule has 5 rings (SSSR count). The summed E-state index contributed by atoms with van der Waals surface area (Å²) >= 11 is 0. The first kappa shape index (κ1) is 23.4. The van der Waals surface area contributed by atoms with Gasteiger partial charge in [-0.3, -0.25) is 9.59 Å². The average Bonchev–Trinajstić information content (AvgIpc) is 3.17. The Morgan fingerprint density at radius 1 is 0.971 bits per heavy atom. The Hall–Kier alpha value is -3.35. The third kappa shape index (κ3) is 4.77. The molecular formula is C28H32N2O5. The second-order valence-corrected chi connectivity index (χ2v) is 10.1. The fourth-order valence-electron chi connectivity index (χ4n) is 5.91. The number of hydrogen-bond acceptors (Lipinski definition) is 4. The summed E-state index contributed by atoms with van der Waals surface area (Å²) in [4.78, 5) is 38.9. The van der Waals surface area contributed by atoms with Crippen LogP contribution in [0.2, 0.25) is 0 Å². The molecule has 2 aromatic carbocycles. The fourth-order valence-corrected chi connectivity index (χ4v) is 5.91. The highest BCUT2D eigenvalue weighted by atomic mass is 16.5. The van der Waals surface area contributed by atoms with Gasteiger partial charge in [0.1, 0.15) is 12.6 Å². The van der Waals surface area contributed by atoms with Gasteiger partial charge >= 0.3 is 12.1 Å². The van der Waals surface area contributed by atoms with Crippen LogP contribution in [0.25, 0.3) is 11.1 Å². The van der Waals surface area contributed by atoms with E-state index in [1.54, 1.807) is 4.90 Å². The Kier molecular flexibility index (Phi) is 6.50. The minimum atomic E-state index is -0.996. The maximum atomic E-state index is 13.2. The van der Waals surface area contributed by atoms with E-state index in [-0.39, 0.29) is 31.3 Å². The lowest BCUT2D eigenvalue weighted by atomic mass is 9.63. The topological polar surface area (TPSA) is 95.9 Å². The predicted octanol–water partition coefficient (Wildman–Crippen LogP) is 4.55. The van der Waals surface area contributed by atoms with E-state index >= 15 is 0 Å². The molecule has 2 aromatic rings. The minimum Gasteiger partial charge on any atom is -0.481 e. The van der Waals surface area contributed by atoms with Crippen molar-refractivity contribution in [3.8, 4) is 11.1 Å². The number of carbonyl (C=O) groups is 3. The second kappa shape index (κ2) is 9.72. The highest BCUT2D eigenvalue weighted by Gasteiger charge is 2.41. The molecule has 2 aliphatic carbocycles. The maximum absolute atomic E-state index is 13.2. The molecule has 2 fully saturated rings. The number of fused-ring (bicyclic) bond motifs is 3. The molecule has 1 unspecified atom stereocenters. The van der Waals surface area contributed by atoms with Crippen LogP contribution in [-0.2, 0) is 14.3 Å². The molecule has 1 saturated carbocycles. The summed E-state index contributed by atoms with van der Waals surface area (Å²) in [6.45, 7) is 1.47. The van der Waals surface area contributed by atoms with Gasteiger partial charge in [-0.05, 0) is 59.8 Å². The number of piperidine rings is 1. The summed E-state index contributed by atoms with van der Waals surface area (Å²) in [5.74, 6) is -1.29. The zero-order valence-electron chi connectivity index (χ0n) is 19.9. The standard InChI is InChI=1S/C28H32N2O5/c31-25(32)11-10-24(26(33)30-16-14-28(15-17-30)12-5-13-28)29-27(34)35-18-23-21-8-3-1-6-19(21)20-7-2-4-9-22(20)23/h1-4,6-9,23-24H,5,10-18H2,(H,29,34)(H,31,32). The molecule has 184 valence electrons. The summed E-state index contributed by atoms with van der Waals surface area (Å²) in [6.07, 6.45) is 4.84. The first-order valence-corrected chi connectivity index (χ1v) is 12.6. The highest BCUT2D eigenvalue weighted by molar-refractivity contribution is 5.86. The molecule has 1 heterocycles. The average molecular weight is 477 g/mol. The van der Waals surface area contributed by atoms with Crippen molar-refractivity contribution in [3.05, 3.63) is 59.7 Å². The first-order chi connectivity index (χ1) is 17.0. The van der Waals surface area contributed by atoms with Crippen molar-refractivity contribution in [3.63, 3.8) is 0 Å². The predicted molar refractivity (Wildman–Crippen MR) is 131 cm³/mol. The number of carboxylic acid groups (broad SMARTS) is 1. The van der Waals surface area contributed by atoms with Gasteiger partial charge in [-0.25, -0.2) is 4.79 Å². The maximum Gasteiger partial charge on any atom is 0.407 e. The van der Waals surface area contributed by atoms with Gasteiger partial charge in [0, 0.05) is 25.4 Å². The van der Waals surface area contributed by atoms with E-state index < -0.39 is 18.1 Å². The number of carbonyl (C=O) groups excluding carboxylic acids is 2. The zero-order chi connectivity index (χ0) is 24.4. The van der Waals surface area contributed by atoms with Crippen LogP contribution in [0.5, 0.6) is 0 Å². The van der Waals surface area contributed by atoms with Crippen LogP contribution in [0.3, 0.4) is 0 Å². The van der Waals surface area contributed by atoms with E-state index in [0.29, 0.717) is 18.5 Å². The molecule has 0 radical (unpaired) electrons. The number of amides is 2.